The average molecular weight is 309 g/mol. The Morgan fingerprint density at radius 3 is 2.25 bits per heavy atom. The van der Waals surface area contributed by atoms with Gasteiger partial charge in [0.2, 0.25) is 0 Å². The number of hydrogen-bond donors (Lipinski definition) is 1. The fourth-order valence-electron chi connectivity index (χ4n) is 1.65. The van der Waals surface area contributed by atoms with Crippen molar-refractivity contribution in [1.29, 1.82) is 0 Å². The van der Waals surface area contributed by atoms with Crippen LogP contribution >= 0.6 is 0 Å². The third kappa shape index (κ3) is 2.17. The van der Waals surface area contributed by atoms with E-state index in [1.165, 1.54) is 25.5 Å². The highest BCUT2D eigenvalue weighted by atomic mass is 32.2. The Hall–Kier alpha value is -1.90. The fourth-order valence-corrected chi connectivity index (χ4v) is 2.56. The molecule has 110 valence electrons. The van der Waals surface area contributed by atoms with Crippen LogP contribution in [0, 0.1) is 0 Å². The van der Waals surface area contributed by atoms with Crippen LogP contribution in [0.15, 0.2) is 35.6 Å². The van der Waals surface area contributed by atoms with Gasteiger partial charge in [-0.2, -0.15) is 13.2 Å². The highest BCUT2D eigenvalue weighted by Gasteiger charge is 2.48. The molecule has 0 saturated carbocycles. The Balaban J connectivity index is 2.56. The van der Waals surface area contributed by atoms with Crippen LogP contribution in [-0.2, 0) is 25.1 Å². The van der Waals surface area contributed by atoms with Gasteiger partial charge in [-0.15, -0.1) is 0 Å². The first-order chi connectivity index (χ1) is 9.08. The van der Waals surface area contributed by atoms with Gasteiger partial charge in [0.05, 0.1) is 10.6 Å². The molecule has 1 aromatic rings. The number of benzene rings is 1. The van der Waals surface area contributed by atoms with Crippen molar-refractivity contribution >= 4 is 15.5 Å². The Labute approximate surface area is 112 Å². The maximum absolute atomic E-state index is 12.6. The van der Waals surface area contributed by atoms with E-state index < -0.39 is 31.7 Å². The summed E-state index contributed by atoms with van der Waals surface area (Å²) in [5.41, 5.74) is -0.499. The standard InChI is InChI=1S/C11H10F3NO4S/c1-10(18-4-5-19-10)7-2-3-8(15)9(6-7)20(16,17)11(12,13)14/h2-6H,15H2,1H3. The number of halogens is 3. The summed E-state index contributed by atoms with van der Waals surface area (Å²) < 4.78 is 70.8. The molecular weight excluding hydrogens is 299 g/mol. The first-order valence-corrected chi connectivity index (χ1v) is 6.78. The lowest BCUT2D eigenvalue weighted by Crippen LogP contribution is -2.26. The van der Waals surface area contributed by atoms with Gasteiger partial charge in [0.25, 0.3) is 15.6 Å². The van der Waals surface area contributed by atoms with E-state index in [1.807, 2.05) is 0 Å². The van der Waals surface area contributed by atoms with Crippen molar-refractivity contribution in [3.63, 3.8) is 0 Å². The summed E-state index contributed by atoms with van der Waals surface area (Å²) in [4.78, 5) is -1.03. The van der Waals surface area contributed by atoms with Gasteiger partial charge in [0.15, 0.2) is 0 Å². The average Bonchev–Trinajstić information content (AvgIpc) is 2.76. The highest BCUT2D eigenvalue weighted by molar-refractivity contribution is 7.92. The monoisotopic (exact) mass is 309 g/mol. The lowest BCUT2D eigenvalue weighted by atomic mass is 10.1. The zero-order chi connectivity index (χ0) is 15.2. The van der Waals surface area contributed by atoms with Crippen LogP contribution < -0.4 is 5.73 Å². The molecule has 1 aliphatic heterocycles. The first-order valence-electron chi connectivity index (χ1n) is 5.30. The van der Waals surface area contributed by atoms with Gasteiger partial charge in [-0.1, -0.05) is 0 Å². The number of hydrogen-bond acceptors (Lipinski definition) is 5. The summed E-state index contributed by atoms with van der Waals surface area (Å²) in [6.07, 6.45) is 2.41. The molecule has 0 aliphatic carbocycles. The lowest BCUT2D eigenvalue weighted by Gasteiger charge is -2.24. The molecule has 1 aromatic carbocycles. The summed E-state index contributed by atoms with van der Waals surface area (Å²) in [7, 11) is -5.54. The van der Waals surface area contributed by atoms with Crippen LogP contribution in [0.3, 0.4) is 0 Å². The molecule has 0 amide bonds. The summed E-state index contributed by atoms with van der Waals surface area (Å²) in [6.45, 7) is 1.43. The maximum Gasteiger partial charge on any atom is 0.501 e. The fraction of sp³-hybridized carbons (Fsp3) is 0.273. The zero-order valence-electron chi connectivity index (χ0n) is 10.1. The predicted octanol–water partition coefficient (Wildman–Crippen LogP) is 2.25. The molecule has 0 radical (unpaired) electrons. The SMILES string of the molecule is CC1(c2ccc(N)c(S(=O)(=O)C(F)(F)F)c2)OC=CO1. The third-order valence-corrected chi connectivity index (χ3v) is 4.32. The predicted molar refractivity (Wildman–Crippen MR) is 62.8 cm³/mol. The molecule has 1 heterocycles. The van der Waals surface area contributed by atoms with E-state index in [-0.39, 0.29) is 5.56 Å². The van der Waals surface area contributed by atoms with Gasteiger partial charge in [0, 0.05) is 12.5 Å². The third-order valence-electron chi connectivity index (χ3n) is 2.77. The van der Waals surface area contributed by atoms with Crippen LogP contribution in [0.2, 0.25) is 0 Å². The molecule has 0 spiro atoms. The molecule has 5 nitrogen and oxygen atoms in total. The number of nitrogen functional groups attached to an aromatic ring is 1. The second-order valence-electron chi connectivity index (χ2n) is 4.16. The molecule has 0 atom stereocenters. The molecule has 0 saturated heterocycles. The number of ether oxygens (including phenoxy) is 2. The summed E-state index contributed by atoms with van der Waals surface area (Å²) in [5.74, 6) is -1.39. The Kier molecular flexibility index (Phi) is 3.12. The second kappa shape index (κ2) is 4.30. The molecule has 2 N–H and O–H groups in total. The van der Waals surface area contributed by atoms with Crippen LogP contribution in [-0.4, -0.2) is 13.9 Å². The van der Waals surface area contributed by atoms with Gasteiger partial charge in [-0.3, -0.25) is 0 Å². The van der Waals surface area contributed by atoms with Crippen molar-refractivity contribution in [1.82, 2.24) is 0 Å². The normalized spacial score (nSPS) is 17.6. The number of nitrogens with two attached hydrogens (primary N) is 1. The molecule has 9 heteroatoms. The van der Waals surface area contributed by atoms with E-state index in [9.17, 15) is 21.6 Å². The molecule has 0 aromatic heterocycles. The Morgan fingerprint density at radius 2 is 1.75 bits per heavy atom. The van der Waals surface area contributed by atoms with E-state index in [1.54, 1.807) is 0 Å². The largest absolute Gasteiger partial charge is 0.501 e. The molecule has 0 fully saturated rings. The zero-order valence-corrected chi connectivity index (χ0v) is 11.0. The molecular formula is C11H10F3NO4S. The molecule has 1 aliphatic rings. The topological polar surface area (TPSA) is 78.6 Å². The quantitative estimate of drug-likeness (QED) is 0.848. The van der Waals surface area contributed by atoms with Crippen molar-refractivity contribution in [2.75, 3.05) is 5.73 Å². The van der Waals surface area contributed by atoms with Crippen molar-refractivity contribution in [2.24, 2.45) is 0 Å². The van der Waals surface area contributed by atoms with Crippen molar-refractivity contribution in [2.45, 2.75) is 23.1 Å². The highest BCUT2D eigenvalue weighted by Crippen LogP contribution is 2.38. The van der Waals surface area contributed by atoms with E-state index >= 15 is 0 Å². The lowest BCUT2D eigenvalue weighted by molar-refractivity contribution is -0.133. The number of alkyl halides is 3. The minimum absolute atomic E-state index is 0.0968. The summed E-state index contributed by atoms with van der Waals surface area (Å²) >= 11 is 0. The Bertz CT molecular complexity index is 659. The molecule has 0 bridgehead atoms. The van der Waals surface area contributed by atoms with Gasteiger partial charge >= 0.3 is 5.51 Å². The van der Waals surface area contributed by atoms with E-state index in [0.29, 0.717) is 0 Å². The molecule has 0 unspecified atom stereocenters. The first kappa shape index (κ1) is 14.5. The van der Waals surface area contributed by atoms with Gasteiger partial charge < -0.3 is 15.2 Å². The van der Waals surface area contributed by atoms with Gasteiger partial charge in [0.1, 0.15) is 12.5 Å². The van der Waals surface area contributed by atoms with Crippen LogP contribution in [0.4, 0.5) is 18.9 Å². The number of anilines is 1. The summed E-state index contributed by atoms with van der Waals surface area (Å²) in [5, 5.41) is 0. The van der Waals surface area contributed by atoms with Gasteiger partial charge in [-0.25, -0.2) is 8.42 Å². The second-order valence-corrected chi connectivity index (χ2v) is 6.06. The molecule has 2 rings (SSSR count). The van der Waals surface area contributed by atoms with E-state index in [4.69, 9.17) is 15.2 Å². The van der Waals surface area contributed by atoms with Gasteiger partial charge in [-0.05, 0) is 18.2 Å². The van der Waals surface area contributed by atoms with Crippen molar-refractivity contribution in [3.8, 4) is 0 Å². The summed E-state index contributed by atoms with van der Waals surface area (Å²) in [6, 6.07) is 3.19. The Morgan fingerprint density at radius 1 is 1.20 bits per heavy atom. The number of rotatable bonds is 2. The minimum Gasteiger partial charge on any atom is -0.453 e. The van der Waals surface area contributed by atoms with E-state index in [0.717, 1.165) is 12.1 Å². The minimum atomic E-state index is -5.54. The van der Waals surface area contributed by atoms with Crippen molar-refractivity contribution in [3.05, 3.63) is 36.3 Å². The number of sulfone groups is 1. The van der Waals surface area contributed by atoms with E-state index in [2.05, 4.69) is 0 Å². The molecule has 20 heavy (non-hydrogen) atoms. The smallest absolute Gasteiger partial charge is 0.453 e. The van der Waals surface area contributed by atoms with Crippen LogP contribution in [0.1, 0.15) is 12.5 Å². The maximum atomic E-state index is 12.6. The van der Waals surface area contributed by atoms with Crippen LogP contribution in [0.5, 0.6) is 0 Å². The van der Waals surface area contributed by atoms with Crippen LogP contribution in [0.25, 0.3) is 0 Å². The van der Waals surface area contributed by atoms with Crippen molar-refractivity contribution < 1.29 is 31.1 Å².